The van der Waals surface area contributed by atoms with Gasteiger partial charge < -0.3 is 29.3 Å². The van der Waals surface area contributed by atoms with Crippen LogP contribution in [0.3, 0.4) is 0 Å². The number of carboxylic acids is 1. The maximum Gasteiger partial charge on any atom is 0.308 e. The highest BCUT2D eigenvalue weighted by Crippen LogP contribution is 2.42. The molecule has 222 valence electrons. The van der Waals surface area contributed by atoms with Gasteiger partial charge in [-0.25, -0.2) is 0 Å². The Balaban J connectivity index is 1.55. The van der Waals surface area contributed by atoms with Crippen LogP contribution >= 0.6 is 0 Å². The molecule has 10 heteroatoms. The quantitative estimate of drug-likeness (QED) is 0.372. The van der Waals surface area contributed by atoms with Crippen molar-refractivity contribution in [3.05, 3.63) is 23.8 Å². The molecule has 40 heavy (non-hydrogen) atoms. The zero-order valence-electron chi connectivity index (χ0n) is 24.3. The summed E-state index contributed by atoms with van der Waals surface area (Å²) in [6.07, 6.45) is 5.78. The molecule has 0 spiro atoms. The number of nitrogens with zero attached hydrogens (tertiary/aromatic N) is 4. The number of rotatable bonds is 14. The number of carbonyl (C=O) groups excluding carboxylic acids is 2. The van der Waals surface area contributed by atoms with E-state index in [9.17, 15) is 19.5 Å². The Hall–Kier alpha value is -2.85. The van der Waals surface area contributed by atoms with Crippen LogP contribution in [0.4, 0.5) is 0 Å². The van der Waals surface area contributed by atoms with Gasteiger partial charge in [-0.05, 0) is 70.4 Å². The predicted octanol–water partition coefficient (Wildman–Crippen LogP) is 2.87. The van der Waals surface area contributed by atoms with Crippen LogP contribution < -0.4 is 9.47 Å². The van der Waals surface area contributed by atoms with E-state index in [1.807, 2.05) is 42.1 Å². The van der Waals surface area contributed by atoms with Gasteiger partial charge in [-0.2, -0.15) is 0 Å². The summed E-state index contributed by atoms with van der Waals surface area (Å²) < 4.78 is 11.0. The van der Waals surface area contributed by atoms with Gasteiger partial charge in [0.25, 0.3) is 0 Å². The molecular formula is C30H46N4O6. The fourth-order valence-corrected chi connectivity index (χ4v) is 6.28. The second-order valence-corrected chi connectivity index (χ2v) is 11.6. The Morgan fingerprint density at radius 3 is 2.58 bits per heavy atom. The number of piperidine rings is 1. The molecular weight excluding hydrogens is 512 g/mol. The number of fused-ring (bicyclic) bond motifs is 1. The van der Waals surface area contributed by atoms with E-state index in [0.717, 1.165) is 44.2 Å². The maximum absolute atomic E-state index is 13.7. The average molecular weight is 559 g/mol. The number of unbranched alkanes of at least 4 members (excludes halogenated alkanes) is 1. The molecule has 10 nitrogen and oxygen atoms in total. The SMILES string of the molecule is CCCCN(CCCN(C)C)C(=O)CN1C[C@H](c2ccc3c(c2)OCO3)C(C(=O)O)[C@@H]1CCN1CCCCC1=O. The van der Waals surface area contributed by atoms with Gasteiger partial charge in [-0.1, -0.05) is 19.4 Å². The normalized spacial score (nSPS) is 22.8. The van der Waals surface area contributed by atoms with E-state index in [0.29, 0.717) is 57.1 Å². The van der Waals surface area contributed by atoms with Gasteiger partial charge in [0.2, 0.25) is 18.6 Å². The summed E-state index contributed by atoms with van der Waals surface area (Å²) in [4.78, 5) is 47.0. The molecule has 1 aromatic rings. The number of amides is 2. The van der Waals surface area contributed by atoms with Gasteiger partial charge in [-0.15, -0.1) is 0 Å². The first-order chi connectivity index (χ1) is 19.3. The van der Waals surface area contributed by atoms with Gasteiger partial charge in [0, 0.05) is 51.1 Å². The van der Waals surface area contributed by atoms with Gasteiger partial charge in [0.1, 0.15) is 0 Å². The lowest BCUT2D eigenvalue weighted by Crippen LogP contribution is -2.46. The minimum atomic E-state index is -0.874. The summed E-state index contributed by atoms with van der Waals surface area (Å²) in [6, 6.07) is 5.28. The van der Waals surface area contributed by atoms with Crippen molar-refractivity contribution in [2.45, 2.75) is 63.8 Å². The number of hydrogen-bond acceptors (Lipinski definition) is 7. The summed E-state index contributed by atoms with van der Waals surface area (Å²) in [5, 5.41) is 10.5. The van der Waals surface area contributed by atoms with E-state index >= 15 is 0 Å². The Labute approximate surface area is 238 Å². The van der Waals surface area contributed by atoms with Crippen molar-refractivity contribution < 1.29 is 29.0 Å². The number of likely N-dealkylation sites (tertiary alicyclic amines) is 2. The number of carbonyl (C=O) groups is 3. The zero-order valence-corrected chi connectivity index (χ0v) is 24.3. The van der Waals surface area contributed by atoms with E-state index in [1.165, 1.54) is 0 Å². The summed E-state index contributed by atoms with van der Waals surface area (Å²) in [7, 11) is 4.06. The third-order valence-corrected chi connectivity index (χ3v) is 8.48. The lowest BCUT2D eigenvalue weighted by molar-refractivity contribution is -0.144. The second kappa shape index (κ2) is 14.2. The summed E-state index contributed by atoms with van der Waals surface area (Å²) >= 11 is 0. The fraction of sp³-hybridized carbons (Fsp3) is 0.700. The van der Waals surface area contributed by atoms with Gasteiger partial charge in [0.05, 0.1) is 12.5 Å². The highest BCUT2D eigenvalue weighted by atomic mass is 16.7. The van der Waals surface area contributed by atoms with Crippen LogP contribution in [0.15, 0.2) is 18.2 Å². The fourth-order valence-electron chi connectivity index (χ4n) is 6.28. The molecule has 3 heterocycles. The van der Waals surface area contributed by atoms with Crippen LogP contribution in [0.5, 0.6) is 11.5 Å². The van der Waals surface area contributed by atoms with Crippen LogP contribution in [-0.2, 0) is 14.4 Å². The molecule has 0 saturated carbocycles. The minimum absolute atomic E-state index is 0.0433. The first kappa shape index (κ1) is 30.1. The summed E-state index contributed by atoms with van der Waals surface area (Å²) in [5.41, 5.74) is 0.875. The van der Waals surface area contributed by atoms with Crippen LogP contribution in [0.2, 0.25) is 0 Å². The number of carboxylic acid groups (broad SMARTS) is 1. The third-order valence-electron chi connectivity index (χ3n) is 8.48. The number of hydrogen-bond donors (Lipinski definition) is 1. The first-order valence-corrected chi connectivity index (χ1v) is 14.8. The molecule has 3 atom stereocenters. The lowest BCUT2D eigenvalue weighted by atomic mass is 9.84. The molecule has 0 aromatic heterocycles. The topological polar surface area (TPSA) is 103 Å². The van der Waals surface area contributed by atoms with E-state index in [2.05, 4.69) is 16.7 Å². The number of aliphatic carboxylic acids is 1. The largest absolute Gasteiger partial charge is 0.481 e. The molecule has 2 fully saturated rings. The van der Waals surface area contributed by atoms with Crippen molar-refractivity contribution in [3.63, 3.8) is 0 Å². The van der Waals surface area contributed by atoms with Crippen molar-refractivity contribution >= 4 is 17.8 Å². The predicted molar refractivity (Wildman–Crippen MR) is 151 cm³/mol. The van der Waals surface area contributed by atoms with Crippen molar-refractivity contribution in [1.29, 1.82) is 0 Å². The van der Waals surface area contributed by atoms with Gasteiger partial charge >= 0.3 is 5.97 Å². The van der Waals surface area contributed by atoms with E-state index in [1.54, 1.807) is 0 Å². The molecule has 4 rings (SSSR count). The first-order valence-electron chi connectivity index (χ1n) is 14.8. The Kier molecular flexibility index (Phi) is 10.7. The van der Waals surface area contributed by atoms with Crippen LogP contribution in [0.1, 0.15) is 63.4 Å². The number of benzene rings is 1. The lowest BCUT2D eigenvalue weighted by Gasteiger charge is -2.32. The molecule has 1 aromatic carbocycles. The standard InChI is InChI=1S/C30H46N4O6/c1-4-5-14-32(16-8-13-31(2)3)28(36)20-34-19-23(22-10-11-25-26(18-22)40-21-39-25)29(30(37)38)24(34)12-17-33-15-7-6-9-27(33)35/h10-11,18,23-24,29H,4-9,12-17,19-21H2,1-3H3,(H,37,38)/t23-,24+,29?/m1/s1. The molecule has 2 saturated heterocycles. The minimum Gasteiger partial charge on any atom is -0.481 e. The van der Waals surface area contributed by atoms with Gasteiger partial charge in [0.15, 0.2) is 11.5 Å². The molecule has 1 N–H and O–H groups in total. The Bertz CT molecular complexity index is 1030. The average Bonchev–Trinajstić information content (AvgIpc) is 3.54. The molecule has 3 aliphatic rings. The molecule has 0 bridgehead atoms. The maximum atomic E-state index is 13.7. The second-order valence-electron chi connectivity index (χ2n) is 11.6. The molecule has 0 radical (unpaired) electrons. The monoisotopic (exact) mass is 558 g/mol. The van der Waals surface area contributed by atoms with Crippen molar-refractivity contribution in [2.24, 2.45) is 5.92 Å². The Morgan fingerprint density at radius 1 is 1.07 bits per heavy atom. The third kappa shape index (κ3) is 7.46. The molecule has 2 amide bonds. The zero-order chi connectivity index (χ0) is 28.6. The van der Waals surface area contributed by atoms with E-state index in [-0.39, 0.29) is 37.1 Å². The molecule has 1 unspecified atom stereocenters. The van der Waals surface area contributed by atoms with Crippen molar-refractivity contribution in [2.75, 3.05) is 66.7 Å². The smallest absolute Gasteiger partial charge is 0.308 e. The summed E-state index contributed by atoms with van der Waals surface area (Å²) in [5.74, 6) is -0.421. The van der Waals surface area contributed by atoms with E-state index in [4.69, 9.17) is 9.47 Å². The molecule has 0 aliphatic carbocycles. The van der Waals surface area contributed by atoms with Crippen LogP contribution in [0, 0.1) is 5.92 Å². The van der Waals surface area contributed by atoms with Gasteiger partial charge in [-0.3, -0.25) is 19.3 Å². The summed E-state index contributed by atoms with van der Waals surface area (Å²) in [6.45, 7) is 6.42. The highest BCUT2D eigenvalue weighted by Gasteiger charge is 2.47. The molecule has 3 aliphatic heterocycles. The van der Waals surface area contributed by atoms with Crippen molar-refractivity contribution in [3.8, 4) is 11.5 Å². The van der Waals surface area contributed by atoms with Crippen molar-refractivity contribution in [1.82, 2.24) is 19.6 Å². The number of ether oxygens (including phenoxy) is 2. The van der Waals surface area contributed by atoms with Crippen LogP contribution in [0.25, 0.3) is 0 Å². The highest BCUT2D eigenvalue weighted by molar-refractivity contribution is 5.79. The van der Waals surface area contributed by atoms with Crippen LogP contribution in [-0.4, -0.2) is 115 Å². The van der Waals surface area contributed by atoms with E-state index < -0.39 is 11.9 Å². The Morgan fingerprint density at radius 2 is 1.85 bits per heavy atom.